The van der Waals surface area contributed by atoms with Crippen LogP contribution in [0.2, 0.25) is 0 Å². The van der Waals surface area contributed by atoms with Crippen LogP contribution in [0.15, 0.2) is 17.5 Å². The molecule has 0 bridgehead atoms. The average Bonchev–Trinajstić information content (AvgIpc) is 3.21. The van der Waals surface area contributed by atoms with Crippen LogP contribution in [0.3, 0.4) is 0 Å². The molecular weight excluding hydrogens is 282 g/mol. The quantitative estimate of drug-likeness (QED) is 0.872. The van der Waals surface area contributed by atoms with Gasteiger partial charge in [-0.15, -0.1) is 11.3 Å². The van der Waals surface area contributed by atoms with Crippen LogP contribution in [-0.2, 0) is 11.3 Å². The third kappa shape index (κ3) is 4.80. The Bertz CT molecular complexity index is 444. The van der Waals surface area contributed by atoms with Gasteiger partial charge in [-0.1, -0.05) is 6.07 Å². The Hall–Kier alpha value is -0.910. The first-order valence-corrected chi connectivity index (χ1v) is 8.95. The fraction of sp³-hybridized carbons (Fsp3) is 0.688. The zero-order valence-electron chi connectivity index (χ0n) is 12.6. The molecule has 0 radical (unpaired) electrons. The molecule has 1 aromatic heterocycles. The minimum absolute atomic E-state index is 0.320. The van der Waals surface area contributed by atoms with Crippen molar-refractivity contribution >= 4 is 17.2 Å². The molecule has 0 atom stereocenters. The highest BCUT2D eigenvalue weighted by molar-refractivity contribution is 7.09. The van der Waals surface area contributed by atoms with Crippen LogP contribution >= 0.6 is 11.3 Å². The minimum Gasteiger partial charge on any atom is -0.341 e. The molecule has 2 aliphatic rings. The van der Waals surface area contributed by atoms with Crippen molar-refractivity contribution < 1.29 is 4.79 Å². The van der Waals surface area contributed by atoms with E-state index < -0.39 is 0 Å². The van der Waals surface area contributed by atoms with Gasteiger partial charge in [0.05, 0.1) is 0 Å². The third-order valence-electron chi connectivity index (χ3n) is 4.25. The van der Waals surface area contributed by atoms with Crippen LogP contribution in [0, 0.1) is 0 Å². The number of carbonyl (C=O) groups excluding carboxylic acids is 1. The lowest BCUT2D eigenvalue weighted by Crippen LogP contribution is -2.36. The smallest absolute Gasteiger partial charge is 0.223 e. The highest BCUT2D eigenvalue weighted by atomic mass is 32.1. The fourth-order valence-electron chi connectivity index (χ4n) is 2.83. The molecule has 1 amide bonds. The number of carbonyl (C=O) groups is 1. The van der Waals surface area contributed by atoms with Crippen molar-refractivity contribution in [2.75, 3.05) is 32.7 Å². The van der Waals surface area contributed by atoms with Gasteiger partial charge >= 0.3 is 0 Å². The maximum Gasteiger partial charge on any atom is 0.223 e. The van der Waals surface area contributed by atoms with E-state index in [4.69, 9.17) is 0 Å². The summed E-state index contributed by atoms with van der Waals surface area (Å²) in [6.07, 6.45) is 4.32. The van der Waals surface area contributed by atoms with Gasteiger partial charge in [0.25, 0.3) is 0 Å². The van der Waals surface area contributed by atoms with Crippen LogP contribution in [0.4, 0.5) is 0 Å². The van der Waals surface area contributed by atoms with E-state index in [0.29, 0.717) is 18.4 Å². The number of nitrogens with one attached hydrogen (secondary N) is 1. The Balaban J connectivity index is 1.40. The van der Waals surface area contributed by atoms with Crippen molar-refractivity contribution in [2.24, 2.45) is 0 Å². The second-order valence-electron chi connectivity index (χ2n) is 6.07. The molecule has 3 rings (SSSR count). The van der Waals surface area contributed by atoms with Gasteiger partial charge in [-0.05, 0) is 30.7 Å². The maximum atomic E-state index is 12.2. The topological polar surface area (TPSA) is 35.6 Å². The van der Waals surface area contributed by atoms with Gasteiger partial charge < -0.3 is 10.2 Å². The van der Waals surface area contributed by atoms with Crippen molar-refractivity contribution in [3.63, 3.8) is 0 Å². The van der Waals surface area contributed by atoms with E-state index in [1.807, 2.05) is 11.3 Å². The Morgan fingerprint density at radius 2 is 2.19 bits per heavy atom. The summed E-state index contributed by atoms with van der Waals surface area (Å²) >= 11 is 1.82. The largest absolute Gasteiger partial charge is 0.341 e. The Kier molecular flexibility index (Phi) is 5.27. The molecule has 5 heteroatoms. The molecule has 1 saturated heterocycles. The Morgan fingerprint density at radius 1 is 1.29 bits per heavy atom. The molecule has 2 fully saturated rings. The fourth-order valence-corrected chi connectivity index (χ4v) is 3.58. The maximum absolute atomic E-state index is 12.2. The summed E-state index contributed by atoms with van der Waals surface area (Å²) in [6, 6.07) is 5.01. The van der Waals surface area contributed by atoms with E-state index in [2.05, 4.69) is 32.6 Å². The van der Waals surface area contributed by atoms with Crippen molar-refractivity contribution in [3.8, 4) is 0 Å². The van der Waals surface area contributed by atoms with E-state index in [9.17, 15) is 4.79 Å². The zero-order valence-corrected chi connectivity index (χ0v) is 13.4. The summed E-state index contributed by atoms with van der Waals surface area (Å²) in [4.78, 5) is 18.2. The molecule has 2 heterocycles. The standard InChI is InChI=1S/C16H25N3OS/c20-16(6-7-17-14-4-5-14)19-9-2-8-18(10-11-19)13-15-3-1-12-21-15/h1,3,12,14,17H,2,4-11,13H2. The molecule has 4 nitrogen and oxygen atoms in total. The normalized spacial score (nSPS) is 20.5. The molecular formula is C16H25N3OS. The Labute approximate surface area is 131 Å². The van der Waals surface area contributed by atoms with Crippen molar-refractivity contribution in [1.29, 1.82) is 0 Å². The lowest BCUT2D eigenvalue weighted by atomic mass is 10.3. The van der Waals surface area contributed by atoms with Gasteiger partial charge in [0.2, 0.25) is 5.91 Å². The molecule has 116 valence electrons. The number of hydrogen-bond donors (Lipinski definition) is 1. The predicted molar refractivity (Wildman–Crippen MR) is 86.4 cm³/mol. The summed E-state index contributed by atoms with van der Waals surface area (Å²) in [5.41, 5.74) is 0. The lowest BCUT2D eigenvalue weighted by molar-refractivity contribution is -0.130. The van der Waals surface area contributed by atoms with Crippen LogP contribution in [-0.4, -0.2) is 54.5 Å². The van der Waals surface area contributed by atoms with E-state index in [1.165, 1.54) is 17.7 Å². The predicted octanol–water partition coefficient (Wildman–Crippen LogP) is 1.92. The molecule has 0 spiro atoms. The average molecular weight is 307 g/mol. The molecule has 1 aliphatic carbocycles. The second-order valence-corrected chi connectivity index (χ2v) is 7.10. The van der Waals surface area contributed by atoms with Gasteiger partial charge in [-0.3, -0.25) is 9.69 Å². The summed E-state index contributed by atoms with van der Waals surface area (Å²) in [6.45, 7) is 5.78. The van der Waals surface area contributed by atoms with Gasteiger partial charge in [0.1, 0.15) is 0 Å². The summed E-state index contributed by atoms with van der Waals surface area (Å²) < 4.78 is 0. The molecule has 1 aromatic rings. The number of amides is 1. The summed E-state index contributed by atoms with van der Waals surface area (Å²) in [5.74, 6) is 0.320. The number of rotatable bonds is 6. The van der Waals surface area contributed by atoms with Crippen LogP contribution in [0.1, 0.15) is 30.6 Å². The van der Waals surface area contributed by atoms with Gasteiger partial charge in [-0.25, -0.2) is 0 Å². The number of thiophene rings is 1. The van der Waals surface area contributed by atoms with Crippen LogP contribution in [0.5, 0.6) is 0 Å². The Morgan fingerprint density at radius 3 is 2.95 bits per heavy atom. The van der Waals surface area contributed by atoms with E-state index in [0.717, 1.165) is 45.7 Å². The van der Waals surface area contributed by atoms with Gasteiger partial charge in [0, 0.05) is 56.6 Å². The molecule has 0 unspecified atom stereocenters. The summed E-state index contributed by atoms with van der Waals surface area (Å²) in [5, 5.41) is 5.56. The van der Waals surface area contributed by atoms with E-state index >= 15 is 0 Å². The summed E-state index contributed by atoms with van der Waals surface area (Å²) in [7, 11) is 0. The van der Waals surface area contributed by atoms with Crippen molar-refractivity contribution in [1.82, 2.24) is 15.1 Å². The highest BCUT2D eigenvalue weighted by Crippen LogP contribution is 2.18. The molecule has 1 N–H and O–H groups in total. The number of hydrogen-bond acceptors (Lipinski definition) is 4. The monoisotopic (exact) mass is 307 g/mol. The van der Waals surface area contributed by atoms with Crippen LogP contribution in [0.25, 0.3) is 0 Å². The zero-order chi connectivity index (χ0) is 14.5. The molecule has 1 saturated carbocycles. The molecule has 1 aliphatic heterocycles. The highest BCUT2D eigenvalue weighted by Gasteiger charge is 2.22. The van der Waals surface area contributed by atoms with Crippen molar-refractivity contribution in [3.05, 3.63) is 22.4 Å². The first kappa shape index (κ1) is 15.0. The molecule has 21 heavy (non-hydrogen) atoms. The van der Waals surface area contributed by atoms with Crippen LogP contribution < -0.4 is 5.32 Å². The van der Waals surface area contributed by atoms with Gasteiger partial charge in [-0.2, -0.15) is 0 Å². The molecule has 0 aromatic carbocycles. The third-order valence-corrected chi connectivity index (χ3v) is 5.11. The van der Waals surface area contributed by atoms with Crippen molar-refractivity contribution in [2.45, 2.75) is 38.3 Å². The number of nitrogens with zero attached hydrogens (tertiary/aromatic N) is 2. The SMILES string of the molecule is O=C(CCNC1CC1)N1CCCN(Cc2cccs2)CC1. The lowest BCUT2D eigenvalue weighted by Gasteiger charge is -2.21. The second kappa shape index (κ2) is 7.38. The minimum atomic E-state index is 0.320. The first-order valence-electron chi connectivity index (χ1n) is 8.07. The van der Waals surface area contributed by atoms with E-state index in [1.54, 1.807) is 0 Å². The van der Waals surface area contributed by atoms with Gasteiger partial charge in [0.15, 0.2) is 0 Å². The first-order chi connectivity index (χ1) is 10.3. The van der Waals surface area contributed by atoms with E-state index in [-0.39, 0.29) is 0 Å².